The van der Waals surface area contributed by atoms with E-state index >= 15 is 0 Å². The third kappa shape index (κ3) is 5.54. The molecule has 9 heteroatoms. The summed E-state index contributed by atoms with van der Waals surface area (Å²) in [7, 11) is 2.09. The van der Waals surface area contributed by atoms with E-state index in [0.717, 1.165) is 20.3 Å². The predicted octanol–water partition coefficient (Wildman–Crippen LogP) is 0.536. The molecule has 1 aromatic carbocycles. The minimum absolute atomic E-state index is 0.268. The van der Waals surface area contributed by atoms with Gasteiger partial charge in [0.25, 0.3) is 0 Å². The standard InChI is InChI=1S/C17H20FNO7/c1-9(13(16(23)25-2)17(24)26-3)14(15(21)22)19-12(20)8-10-5-4-6-11(18)7-10/h4-7,9,13-14H,8H2,1-3H3,(H,19,20)(H,21,22)/t9-,14-/m0/s1. The summed E-state index contributed by atoms with van der Waals surface area (Å²) in [6.45, 7) is 1.31. The molecule has 1 rings (SSSR count). The Bertz CT molecular complexity index is 675. The number of hydrogen-bond acceptors (Lipinski definition) is 6. The number of carbonyl (C=O) groups excluding carboxylic acids is 3. The van der Waals surface area contributed by atoms with Gasteiger partial charge < -0.3 is 19.9 Å². The summed E-state index contributed by atoms with van der Waals surface area (Å²) in [4.78, 5) is 47.3. The Kier molecular flexibility index (Phi) is 7.70. The van der Waals surface area contributed by atoms with Crippen molar-refractivity contribution in [2.45, 2.75) is 19.4 Å². The highest BCUT2D eigenvalue weighted by atomic mass is 19.1. The monoisotopic (exact) mass is 369 g/mol. The highest BCUT2D eigenvalue weighted by Gasteiger charge is 2.41. The number of carbonyl (C=O) groups is 4. The van der Waals surface area contributed by atoms with Gasteiger partial charge in [0.05, 0.1) is 20.6 Å². The number of nitrogens with one attached hydrogen (secondary N) is 1. The van der Waals surface area contributed by atoms with Crippen LogP contribution in [-0.2, 0) is 35.1 Å². The van der Waals surface area contributed by atoms with E-state index in [1.807, 2.05) is 0 Å². The van der Waals surface area contributed by atoms with Gasteiger partial charge in [0.1, 0.15) is 11.9 Å². The molecule has 26 heavy (non-hydrogen) atoms. The van der Waals surface area contributed by atoms with E-state index in [9.17, 15) is 28.7 Å². The first-order valence-electron chi connectivity index (χ1n) is 7.63. The summed E-state index contributed by atoms with van der Waals surface area (Å²) in [5.41, 5.74) is 0.344. The van der Waals surface area contributed by atoms with E-state index in [2.05, 4.69) is 14.8 Å². The molecule has 0 saturated carbocycles. The molecule has 2 N–H and O–H groups in total. The number of rotatable bonds is 8. The van der Waals surface area contributed by atoms with Gasteiger partial charge in [0.15, 0.2) is 5.92 Å². The van der Waals surface area contributed by atoms with Gasteiger partial charge in [-0.2, -0.15) is 0 Å². The van der Waals surface area contributed by atoms with Crippen LogP contribution < -0.4 is 5.32 Å². The number of aliphatic carboxylic acids is 1. The largest absolute Gasteiger partial charge is 0.480 e. The fourth-order valence-electron chi connectivity index (χ4n) is 2.45. The number of hydrogen-bond donors (Lipinski definition) is 2. The maximum absolute atomic E-state index is 13.2. The van der Waals surface area contributed by atoms with Gasteiger partial charge in [-0.1, -0.05) is 19.1 Å². The van der Waals surface area contributed by atoms with Crippen LogP contribution in [0.25, 0.3) is 0 Å². The van der Waals surface area contributed by atoms with E-state index in [0.29, 0.717) is 5.56 Å². The summed E-state index contributed by atoms with van der Waals surface area (Å²) in [5.74, 6) is -7.31. The molecule has 0 aliphatic carbocycles. The number of ether oxygens (including phenoxy) is 2. The van der Waals surface area contributed by atoms with Crippen LogP contribution in [0.15, 0.2) is 24.3 Å². The average Bonchev–Trinajstić information content (AvgIpc) is 2.58. The molecule has 0 aliphatic heterocycles. The first-order chi connectivity index (χ1) is 12.2. The SMILES string of the molecule is COC(=O)C(C(=O)OC)[C@H](C)[C@H](NC(=O)Cc1cccc(F)c1)C(=O)O. The molecule has 1 aromatic rings. The van der Waals surface area contributed by atoms with Gasteiger partial charge >= 0.3 is 17.9 Å². The average molecular weight is 369 g/mol. The number of halogens is 1. The lowest BCUT2D eigenvalue weighted by atomic mass is 9.87. The van der Waals surface area contributed by atoms with Crippen molar-refractivity contribution >= 4 is 23.8 Å². The summed E-state index contributed by atoms with van der Waals surface area (Å²) < 4.78 is 22.2. The van der Waals surface area contributed by atoms with Crippen LogP contribution in [-0.4, -0.2) is 49.2 Å². The molecule has 2 atom stereocenters. The third-order valence-electron chi connectivity index (χ3n) is 3.80. The van der Waals surface area contributed by atoms with Crippen molar-refractivity contribution in [3.05, 3.63) is 35.6 Å². The Morgan fingerprint density at radius 1 is 1.15 bits per heavy atom. The summed E-state index contributed by atoms with van der Waals surface area (Å²) in [5, 5.41) is 11.6. The second-order valence-electron chi connectivity index (χ2n) is 5.57. The fourth-order valence-corrected chi connectivity index (χ4v) is 2.45. The molecule has 0 radical (unpaired) electrons. The van der Waals surface area contributed by atoms with Crippen LogP contribution in [0.5, 0.6) is 0 Å². The van der Waals surface area contributed by atoms with Crippen molar-refractivity contribution in [3.8, 4) is 0 Å². The van der Waals surface area contributed by atoms with Gasteiger partial charge in [-0.05, 0) is 17.7 Å². The van der Waals surface area contributed by atoms with E-state index in [-0.39, 0.29) is 6.42 Å². The summed E-state index contributed by atoms with van der Waals surface area (Å²) >= 11 is 0. The van der Waals surface area contributed by atoms with Gasteiger partial charge in [-0.25, -0.2) is 9.18 Å². The van der Waals surface area contributed by atoms with E-state index in [1.165, 1.54) is 25.1 Å². The summed E-state index contributed by atoms with van der Waals surface area (Å²) in [6.07, 6.45) is -0.268. The van der Waals surface area contributed by atoms with Crippen molar-refractivity contribution < 1.29 is 38.1 Å². The van der Waals surface area contributed by atoms with Gasteiger partial charge in [0, 0.05) is 5.92 Å². The lowest BCUT2D eigenvalue weighted by Gasteiger charge is -2.26. The van der Waals surface area contributed by atoms with Crippen LogP contribution in [0, 0.1) is 17.7 Å². The molecule has 0 fully saturated rings. The predicted molar refractivity (Wildman–Crippen MR) is 86.4 cm³/mol. The number of carboxylic acid groups (broad SMARTS) is 1. The van der Waals surface area contributed by atoms with E-state index < -0.39 is 47.5 Å². The molecule has 0 spiro atoms. The second kappa shape index (κ2) is 9.50. The Balaban J connectivity index is 2.95. The smallest absolute Gasteiger partial charge is 0.326 e. The van der Waals surface area contributed by atoms with Gasteiger partial charge in [-0.3, -0.25) is 14.4 Å². The minimum Gasteiger partial charge on any atom is -0.480 e. The van der Waals surface area contributed by atoms with E-state index in [1.54, 1.807) is 0 Å². The molecule has 0 bridgehead atoms. The first kappa shape index (κ1) is 21.1. The maximum Gasteiger partial charge on any atom is 0.326 e. The maximum atomic E-state index is 13.2. The zero-order valence-corrected chi connectivity index (χ0v) is 14.5. The summed E-state index contributed by atoms with van der Waals surface area (Å²) in [6, 6.07) is 3.72. The van der Waals surface area contributed by atoms with Crippen LogP contribution in [0.1, 0.15) is 12.5 Å². The normalized spacial score (nSPS) is 12.8. The van der Waals surface area contributed by atoms with Crippen LogP contribution in [0.4, 0.5) is 4.39 Å². The quantitative estimate of drug-likeness (QED) is 0.507. The Morgan fingerprint density at radius 2 is 1.73 bits per heavy atom. The van der Waals surface area contributed by atoms with Crippen LogP contribution in [0.2, 0.25) is 0 Å². The first-order valence-corrected chi connectivity index (χ1v) is 7.63. The minimum atomic E-state index is -1.56. The highest BCUT2D eigenvalue weighted by Crippen LogP contribution is 2.20. The fraction of sp³-hybridized carbons (Fsp3) is 0.412. The molecule has 0 aliphatic rings. The Hall–Kier alpha value is -2.97. The third-order valence-corrected chi connectivity index (χ3v) is 3.80. The lowest BCUT2D eigenvalue weighted by molar-refractivity contribution is -0.163. The molecule has 1 amide bonds. The van der Waals surface area contributed by atoms with Crippen molar-refractivity contribution in [1.82, 2.24) is 5.32 Å². The molecule has 8 nitrogen and oxygen atoms in total. The second-order valence-corrected chi connectivity index (χ2v) is 5.57. The van der Waals surface area contributed by atoms with Gasteiger partial charge in [0.2, 0.25) is 5.91 Å². The number of carboxylic acids is 1. The zero-order valence-electron chi connectivity index (χ0n) is 14.5. The molecule has 0 aromatic heterocycles. The van der Waals surface area contributed by atoms with Crippen LogP contribution >= 0.6 is 0 Å². The zero-order chi connectivity index (χ0) is 19.9. The van der Waals surface area contributed by atoms with Crippen molar-refractivity contribution in [3.63, 3.8) is 0 Å². The molecule has 0 saturated heterocycles. The highest BCUT2D eigenvalue weighted by molar-refractivity contribution is 5.96. The molecular formula is C17H20FNO7. The van der Waals surface area contributed by atoms with Crippen LogP contribution in [0.3, 0.4) is 0 Å². The van der Waals surface area contributed by atoms with Crippen molar-refractivity contribution in [2.75, 3.05) is 14.2 Å². The van der Waals surface area contributed by atoms with Crippen molar-refractivity contribution in [1.29, 1.82) is 0 Å². The Morgan fingerprint density at radius 3 is 2.19 bits per heavy atom. The molecule has 0 unspecified atom stereocenters. The topological polar surface area (TPSA) is 119 Å². The number of esters is 2. The van der Waals surface area contributed by atoms with Crippen molar-refractivity contribution in [2.24, 2.45) is 11.8 Å². The van der Waals surface area contributed by atoms with Gasteiger partial charge in [-0.15, -0.1) is 0 Å². The van der Waals surface area contributed by atoms with E-state index in [4.69, 9.17) is 0 Å². The Labute approximate surface area is 149 Å². The number of methoxy groups -OCH3 is 2. The molecule has 142 valence electrons. The molecular weight excluding hydrogens is 349 g/mol. The number of benzene rings is 1. The number of amides is 1. The lowest BCUT2D eigenvalue weighted by Crippen LogP contribution is -2.50. The molecule has 0 heterocycles.